The first-order valence-electron chi connectivity index (χ1n) is 7.78. The topological polar surface area (TPSA) is 23.6 Å². The smallest absolute Gasteiger partial charge is 0.233 e. The van der Waals surface area contributed by atoms with Gasteiger partial charge in [-0.1, -0.05) is 15.9 Å². The number of amides is 1. The van der Waals surface area contributed by atoms with Gasteiger partial charge in [0.2, 0.25) is 5.91 Å². The highest BCUT2D eigenvalue weighted by Crippen LogP contribution is 2.22. The van der Waals surface area contributed by atoms with Crippen molar-refractivity contribution < 1.29 is 9.18 Å². The quantitative estimate of drug-likeness (QED) is 0.713. The number of thioether (sulfide) groups is 1. The van der Waals surface area contributed by atoms with Gasteiger partial charge in [0.1, 0.15) is 5.82 Å². The molecule has 1 amide bonds. The van der Waals surface area contributed by atoms with Crippen LogP contribution in [0.5, 0.6) is 0 Å². The molecule has 1 saturated heterocycles. The molecular weight excluding hydrogens is 391 g/mol. The zero-order chi connectivity index (χ0) is 16.9. The van der Waals surface area contributed by atoms with E-state index in [1.165, 1.54) is 12.1 Å². The predicted molar refractivity (Wildman–Crippen MR) is 100 cm³/mol. The highest BCUT2D eigenvalue weighted by Gasteiger charge is 2.21. The molecule has 0 aliphatic carbocycles. The number of anilines is 1. The number of hydrogen-bond donors (Lipinski definition) is 0. The zero-order valence-corrected chi connectivity index (χ0v) is 15.5. The van der Waals surface area contributed by atoms with Crippen LogP contribution in [0.4, 0.5) is 10.1 Å². The molecule has 1 fully saturated rings. The summed E-state index contributed by atoms with van der Waals surface area (Å²) in [6.07, 6.45) is 0. The molecule has 0 unspecified atom stereocenters. The molecule has 0 radical (unpaired) electrons. The van der Waals surface area contributed by atoms with Crippen LogP contribution in [0.3, 0.4) is 0 Å². The minimum atomic E-state index is -0.225. The number of piperazine rings is 1. The summed E-state index contributed by atoms with van der Waals surface area (Å²) in [6, 6.07) is 14.5. The molecule has 1 aliphatic rings. The standard InChI is InChI=1S/C18H18BrFN2OS/c19-14-1-7-17(8-2-14)24-13-18(23)22-11-9-21(10-12-22)16-5-3-15(20)4-6-16/h1-8H,9-13H2. The SMILES string of the molecule is O=C(CSc1ccc(Br)cc1)N1CCN(c2ccc(F)cc2)CC1. The maximum atomic E-state index is 13.0. The summed E-state index contributed by atoms with van der Waals surface area (Å²) in [5.74, 6) is 0.400. The van der Waals surface area contributed by atoms with Crippen LogP contribution in [0.2, 0.25) is 0 Å². The second-order valence-electron chi connectivity index (χ2n) is 5.59. The summed E-state index contributed by atoms with van der Waals surface area (Å²) in [5, 5.41) is 0. The van der Waals surface area contributed by atoms with E-state index in [4.69, 9.17) is 0 Å². The van der Waals surface area contributed by atoms with Gasteiger partial charge in [0, 0.05) is 41.2 Å². The van der Waals surface area contributed by atoms with Gasteiger partial charge in [-0.3, -0.25) is 4.79 Å². The minimum absolute atomic E-state index is 0.168. The molecule has 1 aliphatic heterocycles. The van der Waals surface area contributed by atoms with Crippen molar-refractivity contribution in [2.45, 2.75) is 4.90 Å². The van der Waals surface area contributed by atoms with Crippen LogP contribution in [0.25, 0.3) is 0 Å². The first kappa shape index (κ1) is 17.3. The van der Waals surface area contributed by atoms with E-state index in [1.807, 2.05) is 29.2 Å². The molecule has 3 nitrogen and oxygen atoms in total. The van der Waals surface area contributed by atoms with Gasteiger partial charge in [0.05, 0.1) is 5.75 Å². The van der Waals surface area contributed by atoms with Gasteiger partial charge in [-0.05, 0) is 48.5 Å². The lowest BCUT2D eigenvalue weighted by atomic mass is 10.2. The molecule has 0 aromatic heterocycles. The number of rotatable bonds is 4. The summed E-state index contributed by atoms with van der Waals surface area (Å²) in [6.45, 7) is 2.97. The van der Waals surface area contributed by atoms with Crippen LogP contribution in [0, 0.1) is 5.82 Å². The van der Waals surface area contributed by atoms with Crippen molar-refractivity contribution in [3.63, 3.8) is 0 Å². The van der Waals surface area contributed by atoms with Gasteiger partial charge >= 0.3 is 0 Å². The van der Waals surface area contributed by atoms with Crippen molar-refractivity contribution in [1.82, 2.24) is 4.90 Å². The third-order valence-electron chi connectivity index (χ3n) is 4.00. The average molecular weight is 409 g/mol. The Morgan fingerprint density at radius 3 is 2.25 bits per heavy atom. The van der Waals surface area contributed by atoms with E-state index in [2.05, 4.69) is 20.8 Å². The lowest BCUT2D eigenvalue weighted by Gasteiger charge is -2.36. The molecule has 126 valence electrons. The van der Waals surface area contributed by atoms with E-state index in [1.54, 1.807) is 23.9 Å². The maximum absolute atomic E-state index is 13.0. The van der Waals surface area contributed by atoms with Crippen molar-refractivity contribution in [2.24, 2.45) is 0 Å². The molecule has 3 rings (SSSR count). The first-order chi connectivity index (χ1) is 11.6. The third-order valence-corrected chi connectivity index (χ3v) is 5.53. The Labute approximate surface area is 154 Å². The Kier molecular flexibility index (Phi) is 5.79. The fourth-order valence-electron chi connectivity index (χ4n) is 2.63. The van der Waals surface area contributed by atoms with Crippen molar-refractivity contribution in [2.75, 3.05) is 36.8 Å². The molecule has 0 N–H and O–H groups in total. The second-order valence-corrected chi connectivity index (χ2v) is 7.55. The fraction of sp³-hybridized carbons (Fsp3) is 0.278. The molecule has 24 heavy (non-hydrogen) atoms. The van der Waals surface area contributed by atoms with Crippen molar-refractivity contribution in [3.8, 4) is 0 Å². The number of nitrogens with zero attached hydrogens (tertiary/aromatic N) is 2. The van der Waals surface area contributed by atoms with Crippen molar-refractivity contribution >= 4 is 39.3 Å². The van der Waals surface area contributed by atoms with E-state index in [0.29, 0.717) is 18.8 Å². The summed E-state index contributed by atoms with van der Waals surface area (Å²) in [5.41, 5.74) is 1.01. The van der Waals surface area contributed by atoms with Crippen LogP contribution in [-0.2, 0) is 4.79 Å². The fourth-order valence-corrected chi connectivity index (χ4v) is 3.70. The number of benzene rings is 2. The number of carbonyl (C=O) groups excluding carboxylic acids is 1. The van der Waals surface area contributed by atoms with Crippen LogP contribution < -0.4 is 4.90 Å². The number of halogens is 2. The van der Waals surface area contributed by atoms with E-state index in [-0.39, 0.29) is 11.7 Å². The van der Waals surface area contributed by atoms with Gasteiger partial charge in [-0.25, -0.2) is 4.39 Å². The summed E-state index contributed by atoms with van der Waals surface area (Å²) >= 11 is 4.97. The molecule has 2 aromatic rings. The van der Waals surface area contributed by atoms with Gasteiger partial charge in [-0.2, -0.15) is 0 Å². The Morgan fingerprint density at radius 2 is 1.62 bits per heavy atom. The van der Waals surface area contributed by atoms with Crippen LogP contribution in [0.15, 0.2) is 57.9 Å². The number of carbonyl (C=O) groups is 1. The molecule has 0 atom stereocenters. The van der Waals surface area contributed by atoms with Gasteiger partial charge in [0.15, 0.2) is 0 Å². The highest BCUT2D eigenvalue weighted by atomic mass is 79.9. The van der Waals surface area contributed by atoms with Gasteiger partial charge in [0.25, 0.3) is 0 Å². The largest absolute Gasteiger partial charge is 0.368 e. The molecule has 0 bridgehead atoms. The predicted octanol–water partition coefficient (Wildman–Crippen LogP) is 4.03. The number of hydrogen-bond acceptors (Lipinski definition) is 3. The van der Waals surface area contributed by atoms with E-state index in [0.717, 1.165) is 28.1 Å². The monoisotopic (exact) mass is 408 g/mol. The lowest BCUT2D eigenvalue weighted by molar-refractivity contribution is -0.128. The zero-order valence-electron chi connectivity index (χ0n) is 13.1. The Balaban J connectivity index is 1.48. The van der Waals surface area contributed by atoms with Crippen molar-refractivity contribution in [1.29, 1.82) is 0 Å². The van der Waals surface area contributed by atoms with E-state index < -0.39 is 0 Å². The molecule has 2 aromatic carbocycles. The average Bonchev–Trinajstić information content (AvgIpc) is 2.62. The minimum Gasteiger partial charge on any atom is -0.368 e. The summed E-state index contributed by atoms with van der Waals surface area (Å²) < 4.78 is 14.0. The molecule has 6 heteroatoms. The van der Waals surface area contributed by atoms with Crippen LogP contribution in [-0.4, -0.2) is 42.7 Å². The lowest BCUT2D eigenvalue weighted by Crippen LogP contribution is -2.49. The maximum Gasteiger partial charge on any atom is 0.233 e. The van der Waals surface area contributed by atoms with E-state index in [9.17, 15) is 9.18 Å². The second kappa shape index (κ2) is 8.03. The van der Waals surface area contributed by atoms with Gasteiger partial charge in [-0.15, -0.1) is 11.8 Å². The Hall–Kier alpha value is -1.53. The summed E-state index contributed by atoms with van der Waals surface area (Å²) in [7, 11) is 0. The first-order valence-corrected chi connectivity index (χ1v) is 9.56. The van der Waals surface area contributed by atoms with E-state index >= 15 is 0 Å². The molecule has 0 saturated carbocycles. The Bertz CT molecular complexity index is 685. The van der Waals surface area contributed by atoms with Crippen LogP contribution in [0.1, 0.15) is 0 Å². The molecular formula is C18H18BrFN2OS. The highest BCUT2D eigenvalue weighted by molar-refractivity contribution is 9.10. The van der Waals surface area contributed by atoms with Gasteiger partial charge < -0.3 is 9.80 Å². The van der Waals surface area contributed by atoms with Crippen LogP contribution >= 0.6 is 27.7 Å². The summed E-state index contributed by atoms with van der Waals surface area (Å²) in [4.78, 5) is 17.5. The normalized spacial score (nSPS) is 14.8. The Morgan fingerprint density at radius 1 is 1.00 bits per heavy atom. The van der Waals surface area contributed by atoms with Crippen molar-refractivity contribution in [3.05, 3.63) is 58.8 Å². The molecule has 1 heterocycles. The third kappa shape index (κ3) is 4.51. The molecule has 0 spiro atoms.